The van der Waals surface area contributed by atoms with Crippen LogP contribution in [0.25, 0.3) is 0 Å². The van der Waals surface area contributed by atoms with Crippen LogP contribution < -0.4 is 0 Å². The van der Waals surface area contributed by atoms with Crippen molar-refractivity contribution < 1.29 is 69.0 Å². The predicted molar refractivity (Wildman–Crippen MR) is 303 cm³/mol. The van der Waals surface area contributed by atoms with Crippen LogP contribution in [0.5, 0.6) is 0 Å². The van der Waals surface area contributed by atoms with E-state index in [4.69, 9.17) is 28.4 Å². The number of aliphatic hydroxyl groups excluding tert-OH is 7. The molecule has 0 amide bonds. The third-order valence-electron chi connectivity index (χ3n) is 15.5. The molecule has 0 radical (unpaired) electrons. The molecule has 0 aromatic rings. The molecule has 2 aliphatic heterocycles. The summed E-state index contributed by atoms with van der Waals surface area (Å²) in [5.41, 5.74) is 0. The van der Waals surface area contributed by atoms with Crippen LogP contribution in [0.4, 0.5) is 0 Å². The average Bonchev–Trinajstić information content (AvgIpc) is 3.42. The van der Waals surface area contributed by atoms with Crippen molar-refractivity contribution in [3.63, 3.8) is 0 Å². The summed E-state index contributed by atoms with van der Waals surface area (Å²) in [5.74, 6) is -0.368. The second kappa shape index (κ2) is 49.5. The van der Waals surface area contributed by atoms with E-state index in [1.54, 1.807) is 0 Å². The maximum Gasteiger partial charge on any atom is 0.306 e. The molecule has 0 aliphatic carbocycles. The molecule has 2 aliphatic rings. The number of esters is 1. The van der Waals surface area contributed by atoms with Gasteiger partial charge in [-0.15, -0.1) is 0 Å². The van der Waals surface area contributed by atoms with Crippen molar-refractivity contribution in [1.82, 2.24) is 0 Å². The highest BCUT2D eigenvalue weighted by Gasteiger charge is 2.47. The minimum absolute atomic E-state index is 0.0680. The van der Waals surface area contributed by atoms with Gasteiger partial charge < -0.3 is 64.2 Å². The number of hydrogen-bond acceptors (Lipinski definition) is 14. The summed E-state index contributed by atoms with van der Waals surface area (Å²) in [6.07, 6.45) is 39.9. The van der Waals surface area contributed by atoms with Gasteiger partial charge in [0, 0.05) is 13.0 Å². The molecule has 0 bridgehead atoms. The molecule has 14 nitrogen and oxygen atoms in total. The summed E-state index contributed by atoms with van der Waals surface area (Å²) in [7, 11) is 0. The number of rotatable bonds is 53. The molecule has 14 heteroatoms. The minimum atomic E-state index is -1.70. The summed E-state index contributed by atoms with van der Waals surface area (Å²) in [4.78, 5) is 13.1. The fraction of sp³-hybridized carbons (Fsp3) is 0.952. The van der Waals surface area contributed by atoms with Gasteiger partial charge in [-0.1, -0.05) is 244 Å². The van der Waals surface area contributed by atoms with Gasteiger partial charge >= 0.3 is 5.97 Å². The Morgan fingerprint density at radius 3 is 1.20 bits per heavy atom. The molecule has 0 spiro atoms. The third kappa shape index (κ3) is 35.5. The molecular formula is C62H118O14. The Kier molecular flexibility index (Phi) is 46.2. The number of allylic oxidation sites excluding steroid dienone is 2. The van der Waals surface area contributed by atoms with Crippen molar-refractivity contribution in [2.75, 3.05) is 33.0 Å². The van der Waals surface area contributed by atoms with Crippen LogP contribution in [0.15, 0.2) is 12.2 Å². The Bertz CT molecular complexity index is 1310. The van der Waals surface area contributed by atoms with Crippen molar-refractivity contribution in [3.05, 3.63) is 12.2 Å². The maximum absolute atomic E-state index is 13.1. The van der Waals surface area contributed by atoms with Gasteiger partial charge in [0.2, 0.25) is 0 Å². The smallest absolute Gasteiger partial charge is 0.306 e. The molecule has 76 heavy (non-hydrogen) atoms. The van der Waals surface area contributed by atoms with E-state index < -0.39 is 80.7 Å². The van der Waals surface area contributed by atoms with E-state index in [-0.39, 0.29) is 25.6 Å². The van der Waals surface area contributed by atoms with E-state index in [0.29, 0.717) is 13.0 Å². The molecule has 0 aromatic heterocycles. The number of carbonyl (C=O) groups excluding carboxylic acids is 1. The number of aliphatic hydroxyl groups is 7. The van der Waals surface area contributed by atoms with Crippen LogP contribution in [-0.2, 0) is 33.2 Å². The Labute approximate surface area is 463 Å². The first-order chi connectivity index (χ1) is 37.1. The molecule has 11 unspecified atom stereocenters. The lowest BCUT2D eigenvalue weighted by atomic mass is 9.98. The van der Waals surface area contributed by atoms with Crippen molar-refractivity contribution >= 4 is 5.97 Å². The first-order valence-corrected chi connectivity index (χ1v) is 31.8. The summed E-state index contributed by atoms with van der Waals surface area (Å²) >= 11 is 0. The van der Waals surface area contributed by atoms with Gasteiger partial charge in [0.25, 0.3) is 0 Å². The molecular weight excluding hydrogens is 969 g/mol. The standard InChI is InChI=1S/C62H118O14/c1-3-5-7-9-11-13-15-17-19-21-23-24-25-26-27-28-30-32-34-36-38-40-42-44-46-71-48-51(74-54(64)45-43-41-39-37-35-33-31-29-22-20-18-16-14-12-10-8-6-4-2)49-72-61-60(70)58(68)56(66)53(76-61)50-73-62-59(69)57(67)55(65)52(47-63)75-62/h21,23,51-53,55-63,65-70H,3-20,22,24-50H2,1-2H3/b23-21-. The van der Waals surface area contributed by atoms with Gasteiger partial charge in [0.05, 0.1) is 26.4 Å². The normalized spacial score (nSPS) is 24.4. The van der Waals surface area contributed by atoms with Crippen molar-refractivity contribution in [3.8, 4) is 0 Å². The van der Waals surface area contributed by atoms with E-state index in [1.165, 1.54) is 212 Å². The lowest BCUT2D eigenvalue weighted by Crippen LogP contribution is -2.61. The maximum atomic E-state index is 13.1. The van der Waals surface area contributed by atoms with Crippen LogP contribution in [-0.4, -0.2) is 142 Å². The van der Waals surface area contributed by atoms with Crippen molar-refractivity contribution in [2.45, 2.75) is 345 Å². The van der Waals surface area contributed by atoms with E-state index in [2.05, 4.69) is 26.0 Å². The zero-order chi connectivity index (χ0) is 55.1. The van der Waals surface area contributed by atoms with E-state index in [1.807, 2.05) is 0 Å². The topological polar surface area (TPSA) is 214 Å². The van der Waals surface area contributed by atoms with Crippen LogP contribution in [0.3, 0.4) is 0 Å². The summed E-state index contributed by atoms with van der Waals surface area (Å²) in [5, 5.41) is 72.4. The molecule has 2 heterocycles. The van der Waals surface area contributed by atoms with E-state index in [9.17, 15) is 40.5 Å². The van der Waals surface area contributed by atoms with Crippen LogP contribution in [0, 0.1) is 0 Å². The minimum Gasteiger partial charge on any atom is -0.457 e. The average molecular weight is 1090 g/mol. The van der Waals surface area contributed by atoms with Crippen LogP contribution in [0.2, 0.25) is 0 Å². The van der Waals surface area contributed by atoms with Gasteiger partial charge in [-0.05, 0) is 38.5 Å². The predicted octanol–water partition coefficient (Wildman–Crippen LogP) is 12.1. The molecule has 0 saturated carbocycles. The number of unbranched alkanes of at least 4 members (excludes halogenated alkanes) is 37. The fourth-order valence-corrected chi connectivity index (χ4v) is 10.4. The Hall–Kier alpha value is -1.27. The molecule has 7 N–H and O–H groups in total. The second-order valence-corrected chi connectivity index (χ2v) is 22.6. The van der Waals surface area contributed by atoms with Gasteiger partial charge in [-0.25, -0.2) is 0 Å². The number of carbonyl (C=O) groups is 1. The van der Waals surface area contributed by atoms with E-state index in [0.717, 1.165) is 38.5 Å². The SMILES string of the molecule is CCCCCCCCCC/C=C\CCCCCCCCCCCCCCOCC(COC1OC(COC2OC(CO)C(O)C(O)C2O)C(O)C(O)C1O)OC(=O)CCCCCCCCCCCCCCCCCCCC. The van der Waals surface area contributed by atoms with Crippen molar-refractivity contribution in [2.24, 2.45) is 0 Å². The number of ether oxygens (including phenoxy) is 6. The lowest BCUT2D eigenvalue weighted by molar-refractivity contribution is -0.332. The zero-order valence-corrected chi connectivity index (χ0v) is 48.5. The van der Waals surface area contributed by atoms with Gasteiger partial charge in [-0.2, -0.15) is 0 Å². The monoisotopic (exact) mass is 1090 g/mol. The Balaban J connectivity index is 1.66. The highest BCUT2D eigenvalue weighted by atomic mass is 16.7. The highest BCUT2D eigenvalue weighted by Crippen LogP contribution is 2.27. The molecule has 2 rings (SSSR count). The lowest BCUT2D eigenvalue weighted by Gasteiger charge is -2.42. The molecule has 2 saturated heterocycles. The first-order valence-electron chi connectivity index (χ1n) is 31.8. The largest absolute Gasteiger partial charge is 0.457 e. The molecule has 2 fully saturated rings. The second-order valence-electron chi connectivity index (χ2n) is 22.6. The molecule has 450 valence electrons. The quantitative estimate of drug-likeness (QED) is 0.0172. The molecule has 0 aromatic carbocycles. The molecule has 11 atom stereocenters. The van der Waals surface area contributed by atoms with Crippen LogP contribution >= 0.6 is 0 Å². The van der Waals surface area contributed by atoms with Gasteiger partial charge in [0.1, 0.15) is 54.9 Å². The number of hydrogen-bond donors (Lipinski definition) is 7. The first kappa shape index (κ1) is 70.8. The summed E-state index contributed by atoms with van der Waals surface area (Å²) in [6, 6.07) is 0. The Morgan fingerprint density at radius 1 is 0.421 bits per heavy atom. The van der Waals surface area contributed by atoms with Gasteiger partial charge in [-0.3, -0.25) is 4.79 Å². The third-order valence-corrected chi connectivity index (χ3v) is 15.5. The Morgan fingerprint density at radius 2 is 0.776 bits per heavy atom. The van der Waals surface area contributed by atoms with Gasteiger partial charge in [0.15, 0.2) is 12.6 Å². The van der Waals surface area contributed by atoms with Crippen LogP contribution in [0.1, 0.15) is 277 Å². The highest BCUT2D eigenvalue weighted by molar-refractivity contribution is 5.69. The van der Waals surface area contributed by atoms with E-state index >= 15 is 0 Å². The summed E-state index contributed by atoms with van der Waals surface area (Å²) in [6.45, 7) is 3.76. The summed E-state index contributed by atoms with van der Waals surface area (Å²) < 4.78 is 34.5. The fourth-order valence-electron chi connectivity index (χ4n) is 10.4. The zero-order valence-electron chi connectivity index (χ0n) is 48.5. The van der Waals surface area contributed by atoms with Crippen molar-refractivity contribution in [1.29, 1.82) is 0 Å².